The highest BCUT2D eigenvalue weighted by atomic mass is 19.3. The van der Waals surface area contributed by atoms with Gasteiger partial charge in [0.15, 0.2) is 0 Å². The van der Waals surface area contributed by atoms with Crippen LogP contribution in [0.2, 0.25) is 0 Å². The number of hydrogen-bond donors (Lipinski definition) is 0. The highest BCUT2D eigenvalue weighted by molar-refractivity contribution is 5.50. The van der Waals surface area contributed by atoms with Crippen LogP contribution in [0, 0.1) is 0 Å². The maximum Gasteiger partial charge on any atom is 0.314 e. The minimum atomic E-state index is -2.84. The van der Waals surface area contributed by atoms with E-state index in [1.807, 2.05) is 0 Å². The summed E-state index contributed by atoms with van der Waals surface area (Å²) in [7, 11) is 0. The fraction of sp³-hybridized carbons (Fsp3) is 0.231. The van der Waals surface area contributed by atoms with Gasteiger partial charge in [0.25, 0.3) is 11.4 Å². The van der Waals surface area contributed by atoms with Gasteiger partial charge in [-0.15, -0.1) is 10.2 Å². The largest absolute Gasteiger partial charge is 0.415 e. The van der Waals surface area contributed by atoms with E-state index >= 15 is 0 Å². The van der Waals surface area contributed by atoms with Crippen molar-refractivity contribution in [2.45, 2.75) is 19.5 Å². The van der Waals surface area contributed by atoms with Crippen molar-refractivity contribution in [3.8, 4) is 11.5 Å². The molecule has 3 aromatic heterocycles. The molecule has 22 heavy (non-hydrogen) atoms. The molecule has 3 heterocycles. The molecule has 0 amide bonds. The average Bonchev–Trinajstić information content (AvgIpc) is 3.17. The molecule has 0 aliphatic heterocycles. The van der Waals surface area contributed by atoms with Crippen LogP contribution < -0.4 is 5.56 Å². The SMILES string of the molecule is O=c1cc(-c2nnc(C(F)F)o2)ccn1CCn1cccn1. The summed E-state index contributed by atoms with van der Waals surface area (Å²) < 4.78 is 32.8. The van der Waals surface area contributed by atoms with E-state index in [1.54, 1.807) is 35.4 Å². The van der Waals surface area contributed by atoms with E-state index in [2.05, 4.69) is 15.3 Å². The van der Waals surface area contributed by atoms with Crippen molar-refractivity contribution in [3.63, 3.8) is 0 Å². The summed E-state index contributed by atoms with van der Waals surface area (Å²) in [5.74, 6) is -0.871. The maximum absolute atomic E-state index is 12.4. The second-order valence-electron chi connectivity index (χ2n) is 4.46. The Morgan fingerprint density at radius 1 is 1.23 bits per heavy atom. The molecule has 114 valence electrons. The number of alkyl halides is 2. The Morgan fingerprint density at radius 3 is 2.73 bits per heavy atom. The van der Waals surface area contributed by atoms with E-state index < -0.39 is 12.3 Å². The van der Waals surface area contributed by atoms with Crippen LogP contribution in [0.3, 0.4) is 0 Å². The van der Waals surface area contributed by atoms with Gasteiger partial charge in [-0.05, 0) is 12.1 Å². The number of aryl methyl sites for hydroxylation is 2. The number of rotatable bonds is 5. The number of nitrogens with zero attached hydrogens (tertiary/aromatic N) is 5. The molecule has 3 rings (SSSR count). The van der Waals surface area contributed by atoms with Crippen molar-refractivity contribution >= 4 is 0 Å². The van der Waals surface area contributed by atoms with Crippen molar-refractivity contribution < 1.29 is 13.2 Å². The molecular weight excluding hydrogens is 296 g/mol. The summed E-state index contributed by atoms with van der Waals surface area (Å²) in [6, 6.07) is 4.63. The third-order valence-electron chi connectivity index (χ3n) is 3.00. The van der Waals surface area contributed by atoms with Crippen molar-refractivity contribution in [2.24, 2.45) is 0 Å². The van der Waals surface area contributed by atoms with Crippen LogP contribution in [0.15, 0.2) is 46.0 Å². The second-order valence-corrected chi connectivity index (χ2v) is 4.46. The molecule has 0 spiro atoms. The van der Waals surface area contributed by atoms with Gasteiger partial charge in [-0.3, -0.25) is 9.48 Å². The predicted octanol–water partition coefficient (Wildman–Crippen LogP) is 1.73. The van der Waals surface area contributed by atoms with Gasteiger partial charge in [-0.2, -0.15) is 13.9 Å². The predicted molar refractivity (Wildman–Crippen MR) is 71.2 cm³/mol. The molecule has 0 fully saturated rings. The van der Waals surface area contributed by atoms with Crippen LogP contribution >= 0.6 is 0 Å². The normalized spacial score (nSPS) is 11.2. The zero-order valence-corrected chi connectivity index (χ0v) is 11.3. The van der Waals surface area contributed by atoms with Crippen molar-refractivity contribution in [1.82, 2.24) is 24.5 Å². The Bertz CT molecular complexity index is 810. The lowest BCUT2D eigenvalue weighted by atomic mass is 10.2. The Labute approximate surface area is 122 Å². The van der Waals surface area contributed by atoms with E-state index in [-0.39, 0.29) is 11.4 Å². The van der Waals surface area contributed by atoms with Crippen LogP contribution in [0.1, 0.15) is 12.3 Å². The monoisotopic (exact) mass is 307 g/mol. The molecule has 0 saturated heterocycles. The first-order valence-electron chi connectivity index (χ1n) is 6.43. The molecule has 9 heteroatoms. The van der Waals surface area contributed by atoms with E-state index in [0.29, 0.717) is 18.7 Å². The Morgan fingerprint density at radius 2 is 2.09 bits per heavy atom. The van der Waals surface area contributed by atoms with Gasteiger partial charge in [0.1, 0.15) is 0 Å². The summed E-state index contributed by atoms with van der Waals surface area (Å²) in [5, 5.41) is 10.8. The molecule has 7 nitrogen and oxygen atoms in total. The molecule has 0 bridgehead atoms. The lowest BCUT2D eigenvalue weighted by Crippen LogP contribution is -2.21. The molecule has 0 radical (unpaired) electrons. The average molecular weight is 307 g/mol. The van der Waals surface area contributed by atoms with Crippen molar-refractivity contribution in [2.75, 3.05) is 0 Å². The molecule has 0 unspecified atom stereocenters. The maximum atomic E-state index is 12.4. The minimum absolute atomic E-state index is 0.105. The van der Waals surface area contributed by atoms with E-state index in [4.69, 9.17) is 4.42 Å². The van der Waals surface area contributed by atoms with E-state index in [9.17, 15) is 13.6 Å². The number of hydrogen-bond acceptors (Lipinski definition) is 5. The van der Waals surface area contributed by atoms with Crippen LogP contribution in [0.5, 0.6) is 0 Å². The number of pyridine rings is 1. The van der Waals surface area contributed by atoms with Crippen LogP contribution in [-0.2, 0) is 13.1 Å². The first-order valence-corrected chi connectivity index (χ1v) is 6.43. The highest BCUT2D eigenvalue weighted by Crippen LogP contribution is 2.21. The smallest absolute Gasteiger partial charge is 0.314 e. The quantitative estimate of drug-likeness (QED) is 0.717. The first kappa shape index (κ1) is 14.1. The summed E-state index contributed by atoms with van der Waals surface area (Å²) in [4.78, 5) is 12.0. The Kier molecular flexibility index (Phi) is 3.77. The third-order valence-corrected chi connectivity index (χ3v) is 3.00. The van der Waals surface area contributed by atoms with E-state index in [0.717, 1.165) is 0 Å². The van der Waals surface area contributed by atoms with Crippen molar-refractivity contribution in [1.29, 1.82) is 0 Å². The van der Waals surface area contributed by atoms with Crippen LogP contribution in [0.25, 0.3) is 11.5 Å². The molecule has 0 aromatic carbocycles. The van der Waals surface area contributed by atoms with Crippen molar-refractivity contribution in [3.05, 3.63) is 53.0 Å². The lowest BCUT2D eigenvalue weighted by molar-refractivity contribution is 0.116. The van der Waals surface area contributed by atoms with Gasteiger partial charge >= 0.3 is 6.43 Å². The molecule has 0 atom stereocenters. The molecular formula is C13H11F2N5O2. The second kappa shape index (κ2) is 5.88. The Balaban J connectivity index is 1.77. The van der Waals surface area contributed by atoms with Crippen LogP contribution in [-0.4, -0.2) is 24.5 Å². The van der Waals surface area contributed by atoms with Gasteiger partial charge < -0.3 is 8.98 Å². The van der Waals surface area contributed by atoms with Gasteiger partial charge in [-0.25, -0.2) is 0 Å². The fourth-order valence-corrected chi connectivity index (χ4v) is 1.91. The molecule has 0 aliphatic carbocycles. The minimum Gasteiger partial charge on any atom is -0.415 e. The fourth-order valence-electron chi connectivity index (χ4n) is 1.91. The van der Waals surface area contributed by atoms with Gasteiger partial charge in [-0.1, -0.05) is 0 Å². The lowest BCUT2D eigenvalue weighted by Gasteiger charge is -2.06. The molecule has 0 N–H and O–H groups in total. The molecule has 0 aliphatic rings. The zero-order chi connectivity index (χ0) is 15.5. The first-order chi connectivity index (χ1) is 10.6. The summed E-state index contributed by atoms with van der Waals surface area (Å²) in [5.41, 5.74) is 0.0150. The highest BCUT2D eigenvalue weighted by Gasteiger charge is 2.17. The topological polar surface area (TPSA) is 78.7 Å². The molecule has 0 saturated carbocycles. The van der Waals surface area contributed by atoms with E-state index in [1.165, 1.54) is 10.6 Å². The third kappa shape index (κ3) is 2.92. The Hall–Kier alpha value is -2.84. The summed E-state index contributed by atoms with van der Waals surface area (Å²) in [6.07, 6.45) is 2.16. The van der Waals surface area contributed by atoms with Crippen LogP contribution in [0.4, 0.5) is 8.78 Å². The zero-order valence-electron chi connectivity index (χ0n) is 11.3. The van der Waals surface area contributed by atoms with Gasteiger partial charge in [0.2, 0.25) is 5.89 Å². The molecule has 3 aromatic rings. The van der Waals surface area contributed by atoms with Gasteiger partial charge in [0.05, 0.1) is 6.54 Å². The standard InChI is InChI=1S/C13H11F2N5O2/c14-11(15)13-18-17-12(22-13)9-2-5-19(10(21)8-9)6-7-20-4-1-3-16-20/h1-5,8,11H,6-7H2. The number of halogens is 2. The summed E-state index contributed by atoms with van der Waals surface area (Å²) in [6.45, 7) is 0.981. The summed E-state index contributed by atoms with van der Waals surface area (Å²) >= 11 is 0. The van der Waals surface area contributed by atoms with Gasteiger partial charge in [0, 0.05) is 36.8 Å². The number of aromatic nitrogens is 5.